The van der Waals surface area contributed by atoms with E-state index in [1.54, 1.807) is 36.5 Å². The van der Waals surface area contributed by atoms with Gasteiger partial charge in [0.2, 0.25) is 23.5 Å². The van der Waals surface area contributed by atoms with Gasteiger partial charge in [0, 0.05) is 37.2 Å². The second-order valence-corrected chi connectivity index (χ2v) is 7.83. The number of carbonyl (C=O) groups is 4. The maximum absolute atomic E-state index is 12.4. The lowest BCUT2D eigenvalue weighted by Gasteiger charge is -2.18. The van der Waals surface area contributed by atoms with Gasteiger partial charge in [0.05, 0.1) is 11.9 Å². The Morgan fingerprint density at radius 1 is 0.889 bits per heavy atom. The van der Waals surface area contributed by atoms with Gasteiger partial charge in [-0.1, -0.05) is 6.07 Å². The van der Waals surface area contributed by atoms with Crippen LogP contribution in [0, 0.1) is 5.92 Å². The van der Waals surface area contributed by atoms with Crippen LogP contribution >= 0.6 is 0 Å². The minimum atomic E-state index is -0.663. The molecule has 0 saturated carbocycles. The fraction of sp³-hybridized carbons (Fsp3) is 0.217. The number of nitrogens with two attached hydrogens (primary N) is 1. The molecule has 0 spiro atoms. The van der Waals surface area contributed by atoms with E-state index in [1.807, 2.05) is 0 Å². The number of aromatic nitrogens is 6. The number of nitrogens with zero attached hydrogens (tertiary/aromatic N) is 7. The van der Waals surface area contributed by atoms with Crippen molar-refractivity contribution in [3.8, 4) is 23.0 Å². The summed E-state index contributed by atoms with van der Waals surface area (Å²) < 4.78 is 0. The number of imide groups is 1. The number of anilines is 1. The molecule has 4 amide bonds. The zero-order valence-electron chi connectivity index (χ0n) is 18.9. The van der Waals surface area contributed by atoms with Gasteiger partial charge in [-0.3, -0.25) is 34.0 Å². The predicted molar refractivity (Wildman–Crippen MR) is 125 cm³/mol. The molecule has 3 N–H and O–H groups in total. The summed E-state index contributed by atoms with van der Waals surface area (Å²) in [5, 5.41) is 18.8. The maximum atomic E-state index is 12.4. The molecule has 4 heterocycles. The molecule has 0 radical (unpaired) electrons. The normalized spacial score (nSPS) is 13.6. The van der Waals surface area contributed by atoms with E-state index in [4.69, 9.17) is 5.73 Å². The van der Waals surface area contributed by atoms with Crippen LogP contribution in [0.1, 0.15) is 19.3 Å². The van der Waals surface area contributed by atoms with Crippen LogP contribution < -0.4 is 11.1 Å². The molecule has 13 nitrogen and oxygen atoms in total. The van der Waals surface area contributed by atoms with Crippen molar-refractivity contribution in [2.45, 2.75) is 19.3 Å². The molecule has 3 aromatic heterocycles. The van der Waals surface area contributed by atoms with Gasteiger partial charge < -0.3 is 11.1 Å². The Balaban J connectivity index is 1.28. The van der Waals surface area contributed by atoms with Crippen molar-refractivity contribution in [1.29, 1.82) is 0 Å². The number of primary amides is 1. The van der Waals surface area contributed by atoms with E-state index in [0.717, 1.165) is 4.90 Å². The van der Waals surface area contributed by atoms with Crippen molar-refractivity contribution in [1.82, 2.24) is 35.3 Å². The lowest BCUT2D eigenvalue weighted by atomic mass is 9.98. The SMILES string of the molecule is NC(=O)C(CCC(=O)Nc1ccc(-c2nnc(-c3ccccn3)nn2)nc1)CCN1C(=O)C=CC1=O. The molecular weight excluding hydrogens is 466 g/mol. The number of amides is 4. The summed E-state index contributed by atoms with van der Waals surface area (Å²) in [4.78, 5) is 56.8. The highest BCUT2D eigenvalue weighted by atomic mass is 16.2. The van der Waals surface area contributed by atoms with Crippen LogP contribution in [0.25, 0.3) is 23.0 Å². The highest BCUT2D eigenvalue weighted by molar-refractivity contribution is 6.12. The third-order valence-corrected chi connectivity index (χ3v) is 5.37. The smallest absolute Gasteiger partial charge is 0.253 e. The van der Waals surface area contributed by atoms with E-state index in [-0.39, 0.29) is 43.4 Å². The van der Waals surface area contributed by atoms with Crippen LogP contribution in [0.2, 0.25) is 0 Å². The fourth-order valence-electron chi connectivity index (χ4n) is 3.42. The number of hydrogen-bond acceptors (Lipinski definition) is 10. The highest BCUT2D eigenvalue weighted by Crippen LogP contribution is 2.17. The van der Waals surface area contributed by atoms with Crippen LogP contribution in [-0.4, -0.2) is 65.4 Å². The molecule has 13 heteroatoms. The average Bonchev–Trinajstić information content (AvgIpc) is 3.22. The Bertz CT molecular complexity index is 1280. The molecule has 182 valence electrons. The lowest BCUT2D eigenvalue weighted by Crippen LogP contribution is -2.34. The molecule has 0 bridgehead atoms. The fourth-order valence-corrected chi connectivity index (χ4v) is 3.42. The predicted octanol–water partition coefficient (Wildman–Crippen LogP) is 0.526. The molecule has 0 aromatic carbocycles. The molecule has 1 aliphatic rings. The standard InChI is InChI=1S/C23H21N9O4/c24-21(36)14(10-12-32-19(34)8-9-20(32)35)4-7-18(33)27-15-5-6-17(26-13-15)23-30-28-22(29-31-23)16-3-1-2-11-25-16/h1-3,5-6,8-9,11,13-14H,4,7,10,12H2,(H2,24,36)(H,27,33). The first kappa shape index (κ1) is 24.2. The number of hydrogen-bond donors (Lipinski definition) is 2. The maximum Gasteiger partial charge on any atom is 0.253 e. The van der Waals surface area contributed by atoms with E-state index in [1.165, 1.54) is 18.3 Å². The van der Waals surface area contributed by atoms with Crippen molar-refractivity contribution in [3.63, 3.8) is 0 Å². The minimum Gasteiger partial charge on any atom is -0.369 e. The summed E-state index contributed by atoms with van der Waals surface area (Å²) in [7, 11) is 0. The topological polar surface area (TPSA) is 187 Å². The van der Waals surface area contributed by atoms with Crippen molar-refractivity contribution < 1.29 is 19.2 Å². The first-order chi connectivity index (χ1) is 17.4. The molecular formula is C23H21N9O4. The number of nitrogens with one attached hydrogen (secondary N) is 1. The Hall–Kier alpha value is -4.94. The Morgan fingerprint density at radius 2 is 1.56 bits per heavy atom. The van der Waals surface area contributed by atoms with Crippen LogP contribution in [0.5, 0.6) is 0 Å². The van der Waals surface area contributed by atoms with Gasteiger partial charge in [0.15, 0.2) is 0 Å². The minimum absolute atomic E-state index is 0.0153. The first-order valence-electron chi connectivity index (χ1n) is 11.0. The third-order valence-electron chi connectivity index (χ3n) is 5.37. The van der Waals surface area contributed by atoms with Crippen molar-refractivity contribution >= 4 is 29.3 Å². The summed E-state index contributed by atoms with van der Waals surface area (Å²) >= 11 is 0. The summed E-state index contributed by atoms with van der Waals surface area (Å²) in [5.74, 6) is -1.98. The van der Waals surface area contributed by atoms with E-state index in [2.05, 4.69) is 35.7 Å². The Morgan fingerprint density at radius 3 is 2.11 bits per heavy atom. The van der Waals surface area contributed by atoms with Gasteiger partial charge >= 0.3 is 0 Å². The van der Waals surface area contributed by atoms with E-state index in [0.29, 0.717) is 17.1 Å². The molecule has 36 heavy (non-hydrogen) atoms. The van der Waals surface area contributed by atoms with E-state index in [9.17, 15) is 19.2 Å². The van der Waals surface area contributed by atoms with Crippen LogP contribution in [0.4, 0.5) is 5.69 Å². The summed E-state index contributed by atoms with van der Waals surface area (Å²) in [6, 6.07) is 8.56. The van der Waals surface area contributed by atoms with Crippen molar-refractivity contribution in [3.05, 3.63) is 54.9 Å². The zero-order chi connectivity index (χ0) is 25.5. The molecule has 1 aliphatic heterocycles. The van der Waals surface area contributed by atoms with Crippen molar-refractivity contribution in [2.75, 3.05) is 11.9 Å². The number of carbonyl (C=O) groups excluding carboxylic acids is 4. The van der Waals surface area contributed by atoms with Gasteiger partial charge in [-0.15, -0.1) is 20.4 Å². The van der Waals surface area contributed by atoms with Gasteiger partial charge in [0.1, 0.15) is 11.4 Å². The average molecular weight is 487 g/mol. The molecule has 0 aliphatic carbocycles. The summed E-state index contributed by atoms with van der Waals surface area (Å²) in [6.45, 7) is 0.0555. The number of rotatable bonds is 10. The third kappa shape index (κ3) is 5.94. The molecule has 0 saturated heterocycles. The molecule has 4 rings (SSSR count). The van der Waals surface area contributed by atoms with Crippen molar-refractivity contribution in [2.24, 2.45) is 11.7 Å². The van der Waals surface area contributed by atoms with Crippen LogP contribution in [0.15, 0.2) is 54.9 Å². The Labute approximate surface area is 204 Å². The van der Waals surface area contributed by atoms with Gasteiger partial charge in [-0.2, -0.15) is 0 Å². The summed E-state index contributed by atoms with van der Waals surface area (Å²) in [6.07, 6.45) is 5.76. The zero-order valence-corrected chi connectivity index (χ0v) is 18.9. The lowest BCUT2D eigenvalue weighted by molar-refractivity contribution is -0.137. The monoisotopic (exact) mass is 487 g/mol. The molecule has 1 unspecified atom stereocenters. The molecule has 0 fully saturated rings. The highest BCUT2D eigenvalue weighted by Gasteiger charge is 2.26. The van der Waals surface area contributed by atoms with Crippen LogP contribution in [0.3, 0.4) is 0 Å². The number of pyridine rings is 2. The van der Waals surface area contributed by atoms with Gasteiger partial charge in [-0.05, 0) is 37.1 Å². The van der Waals surface area contributed by atoms with E-state index < -0.39 is 23.6 Å². The van der Waals surface area contributed by atoms with Gasteiger partial charge in [0.25, 0.3) is 11.8 Å². The second kappa shape index (κ2) is 11.0. The van der Waals surface area contributed by atoms with E-state index >= 15 is 0 Å². The van der Waals surface area contributed by atoms with Crippen LogP contribution in [-0.2, 0) is 19.2 Å². The first-order valence-corrected chi connectivity index (χ1v) is 11.0. The second-order valence-electron chi connectivity index (χ2n) is 7.83. The summed E-state index contributed by atoms with van der Waals surface area (Å²) in [5.41, 5.74) is 6.83. The Kier molecular flexibility index (Phi) is 7.39. The quantitative estimate of drug-likeness (QED) is 0.382. The molecule has 1 atom stereocenters. The molecule has 3 aromatic rings. The largest absolute Gasteiger partial charge is 0.369 e. The van der Waals surface area contributed by atoms with Gasteiger partial charge in [-0.25, -0.2) is 0 Å².